The van der Waals surface area contributed by atoms with Crippen molar-refractivity contribution in [3.63, 3.8) is 0 Å². The van der Waals surface area contributed by atoms with Crippen molar-refractivity contribution in [2.45, 2.75) is 20.8 Å². The van der Waals surface area contributed by atoms with Gasteiger partial charge in [-0.2, -0.15) is 0 Å². The van der Waals surface area contributed by atoms with E-state index in [1.807, 2.05) is 19.9 Å². The van der Waals surface area contributed by atoms with Crippen molar-refractivity contribution in [3.8, 4) is 0 Å². The van der Waals surface area contributed by atoms with Crippen molar-refractivity contribution < 1.29 is 14.7 Å². The Balaban J connectivity index is 2.97. The molecule has 0 spiro atoms. The molecule has 0 bridgehead atoms. The van der Waals surface area contributed by atoms with Gasteiger partial charge in [0.25, 0.3) is 0 Å². The number of hydrogen-bond donors (Lipinski definition) is 2. The average molecular weight is 259 g/mol. The summed E-state index contributed by atoms with van der Waals surface area (Å²) >= 11 is 0. The second kappa shape index (κ2) is 6.54. The molecule has 1 aromatic rings. The molecule has 0 unspecified atom stereocenters. The maximum absolute atomic E-state index is 11.6. The average Bonchev–Trinajstić information content (AvgIpc) is 2.33. The van der Waals surface area contributed by atoms with E-state index in [2.05, 4.69) is 5.32 Å². The molecule has 1 aromatic carbocycles. The first-order valence-electron chi connectivity index (χ1n) is 5.90. The van der Waals surface area contributed by atoms with E-state index in [1.54, 1.807) is 25.1 Å². The quantitative estimate of drug-likeness (QED) is 0.645. The van der Waals surface area contributed by atoms with Gasteiger partial charge in [0, 0.05) is 11.8 Å². The Kier molecular flexibility index (Phi) is 5.06. The van der Waals surface area contributed by atoms with Crippen LogP contribution in [-0.2, 0) is 4.79 Å². The lowest BCUT2D eigenvalue weighted by atomic mass is 10.0. The standard InChI is InChI=1S/C15H17NO3/c1-4-5-6-7-14(17)16-12-8-10(2)11(3)13(9-12)15(18)19/h4-9H,1-3H3,(H,16,17)(H,18,19)/b5-4+,7-6+. The summed E-state index contributed by atoms with van der Waals surface area (Å²) in [5.41, 5.74) is 2.21. The molecule has 4 heteroatoms. The van der Waals surface area contributed by atoms with Gasteiger partial charge in [0.15, 0.2) is 0 Å². The van der Waals surface area contributed by atoms with Crippen molar-refractivity contribution in [2.24, 2.45) is 0 Å². The van der Waals surface area contributed by atoms with Gasteiger partial charge in [0.1, 0.15) is 0 Å². The van der Waals surface area contributed by atoms with Gasteiger partial charge in [0.05, 0.1) is 5.56 Å². The number of carboxylic acids is 1. The first-order valence-corrected chi connectivity index (χ1v) is 5.90. The number of aromatic carboxylic acids is 1. The van der Waals surface area contributed by atoms with Crippen LogP contribution in [0.15, 0.2) is 36.4 Å². The van der Waals surface area contributed by atoms with Crippen molar-refractivity contribution in [2.75, 3.05) is 5.32 Å². The van der Waals surface area contributed by atoms with Gasteiger partial charge in [0.2, 0.25) is 5.91 Å². The van der Waals surface area contributed by atoms with Crippen molar-refractivity contribution in [1.82, 2.24) is 0 Å². The van der Waals surface area contributed by atoms with E-state index in [1.165, 1.54) is 12.1 Å². The van der Waals surface area contributed by atoms with Gasteiger partial charge in [-0.05, 0) is 44.0 Å². The van der Waals surface area contributed by atoms with E-state index in [0.717, 1.165) is 5.56 Å². The third kappa shape index (κ3) is 4.10. The van der Waals surface area contributed by atoms with E-state index in [-0.39, 0.29) is 11.5 Å². The second-order valence-corrected chi connectivity index (χ2v) is 4.15. The number of rotatable bonds is 4. The highest BCUT2D eigenvalue weighted by Gasteiger charge is 2.11. The Hall–Kier alpha value is -2.36. The van der Waals surface area contributed by atoms with Crippen LogP contribution < -0.4 is 5.32 Å². The lowest BCUT2D eigenvalue weighted by molar-refractivity contribution is -0.111. The largest absolute Gasteiger partial charge is 0.478 e. The Labute approximate surface area is 112 Å². The summed E-state index contributed by atoms with van der Waals surface area (Å²) in [4.78, 5) is 22.7. The smallest absolute Gasteiger partial charge is 0.336 e. The van der Waals surface area contributed by atoms with Gasteiger partial charge in [-0.15, -0.1) is 0 Å². The number of hydrogen-bond acceptors (Lipinski definition) is 2. The van der Waals surface area contributed by atoms with Crippen molar-refractivity contribution in [1.29, 1.82) is 0 Å². The van der Waals surface area contributed by atoms with Crippen LogP contribution >= 0.6 is 0 Å². The molecule has 0 saturated heterocycles. The van der Waals surface area contributed by atoms with Crippen LogP contribution in [0.3, 0.4) is 0 Å². The fourth-order valence-corrected chi connectivity index (χ4v) is 1.59. The first-order chi connectivity index (χ1) is 8.95. The summed E-state index contributed by atoms with van der Waals surface area (Å²) in [6, 6.07) is 3.22. The Morgan fingerprint density at radius 2 is 1.89 bits per heavy atom. The van der Waals surface area contributed by atoms with E-state index < -0.39 is 5.97 Å². The number of nitrogens with one attached hydrogen (secondary N) is 1. The summed E-state index contributed by atoms with van der Waals surface area (Å²) < 4.78 is 0. The third-order valence-electron chi connectivity index (χ3n) is 2.72. The zero-order valence-corrected chi connectivity index (χ0v) is 11.2. The molecule has 0 saturated carbocycles. The van der Waals surface area contributed by atoms with Gasteiger partial charge in [-0.25, -0.2) is 4.79 Å². The topological polar surface area (TPSA) is 66.4 Å². The molecule has 1 rings (SSSR count). The maximum Gasteiger partial charge on any atom is 0.336 e. The molecule has 100 valence electrons. The van der Waals surface area contributed by atoms with E-state index in [9.17, 15) is 9.59 Å². The highest BCUT2D eigenvalue weighted by Crippen LogP contribution is 2.20. The molecule has 4 nitrogen and oxygen atoms in total. The minimum atomic E-state index is -0.999. The highest BCUT2D eigenvalue weighted by molar-refractivity contribution is 6.00. The van der Waals surface area contributed by atoms with Gasteiger partial charge < -0.3 is 10.4 Å². The Bertz CT molecular complexity index is 557. The SMILES string of the molecule is C/C=C/C=C/C(=O)Nc1cc(C)c(C)c(C(=O)O)c1. The van der Waals surface area contributed by atoms with Crippen molar-refractivity contribution >= 4 is 17.6 Å². The number of benzene rings is 1. The van der Waals surface area contributed by atoms with Gasteiger partial charge in [-0.1, -0.05) is 18.2 Å². The molecular weight excluding hydrogens is 242 g/mol. The number of amides is 1. The highest BCUT2D eigenvalue weighted by atomic mass is 16.4. The van der Waals surface area contributed by atoms with Gasteiger partial charge >= 0.3 is 5.97 Å². The third-order valence-corrected chi connectivity index (χ3v) is 2.72. The molecule has 19 heavy (non-hydrogen) atoms. The fraction of sp³-hybridized carbons (Fsp3) is 0.200. The predicted octanol–water partition coefficient (Wildman–Crippen LogP) is 3.07. The number of carboxylic acid groups (broad SMARTS) is 1. The van der Waals surface area contributed by atoms with E-state index >= 15 is 0 Å². The molecular formula is C15H17NO3. The van der Waals surface area contributed by atoms with Crippen LogP contribution in [0, 0.1) is 13.8 Å². The Morgan fingerprint density at radius 3 is 2.47 bits per heavy atom. The number of allylic oxidation sites excluding steroid dienone is 3. The van der Waals surface area contributed by atoms with Crippen LogP contribution in [0.2, 0.25) is 0 Å². The summed E-state index contributed by atoms with van der Waals surface area (Å²) in [5.74, 6) is -1.29. The zero-order valence-electron chi connectivity index (χ0n) is 11.2. The van der Waals surface area contributed by atoms with Crippen LogP contribution in [0.4, 0.5) is 5.69 Å². The molecule has 0 aliphatic heterocycles. The lowest BCUT2D eigenvalue weighted by Crippen LogP contribution is -2.10. The summed E-state index contributed by atoms with van der Waals surface area (Å²) in [7, 11) is 0. The molecule has 0 fully saturated rings. The molecule has 0 radical (unpaired) electrons. The predicted molar refractivity (Wildman–Crippen MR) is 75.5 cm³/mol. The minimum Gasteiger partial charge on any atom is -0.478 e. The number of carbonyl (C=O) groups excluding carboxylic acids is 1. The molecule has 0 aliphatic carbocycles. The van der Waals surface area contributed by atoms with Crippen LogP contribution in [-0.4, -0.2) is 17.0 Å². The van der Waals surface area contributed by atoms with E-state index in [0.29, 0.717) is 11.3 Å². The summed E-state index contributed by atoms with van der Waals surface area (Å²) in [6.07, 6.45) is 6.55. The normalized spacial score (nSPS) is 11.1. The maximum atomic E-state index is 11.6. The number of anilines is 1. The summed E-state index contributed by atoms with van der Waals surface area (Å²) in [5, 5.41) is 11.7. The zero-order chi connectivity index (χ0) is 14.4. The Morgan fingerprint density at radius 1 is 1.21 bits per heavy atom. The van der Waals surface area contributed by atoms with E-state index in [4.69, 9.17) is 5.11 Å². The molecule has 0 atom stereocenters. The monoisotopic (exact) mass is 259 g/mol. The fourth-order valence-electron chi connectivity index (χ4n) is 1.59. The summed E-state index contributed by atoms with van der Waals surface area (Å²) in [6.45, 7) is 5.41. The van der Waals surface area contributed by atoms with Crippen LogP contribution in [0.25, 0.3) is 0 Å². The van der Waals surface area contributed by atoms with Crippen molar-refractivity contribution in [3.05, 3.63) is 53.1 Å². The molecule has 0 aromatic heterocycles. The first kappa shape index (κ1) is 14.7. The molecule has 2 N–H and O–H groups in total. The minimum absolute atomic E-state index is 0.202. The second-order valence-electron chi connectivity index (χ2n) is 4.15. The molecule has 0 heterocycles. The van der Waals surface area contributed by atoms with Crippen LogP contribution in [0.5, 0.6) is 0 Å². The number of aryl methyl sites for hydroxylation is 1. The van der Waals surface area contributed by atoms with Gasteiger partial charge in [-0.3, -0.25) is 4.79 Å². The van der Waals surface area contributed by atoms with Crippen LogP contribution in [0.1, 0.15) is 28.4 Å². The molecule has 1 amide bonds. The number of carbonyl (C=O) groups is 2. The lowest BCUT2D eigenvalue weighted by Gasteiger charge is -2.09. The molecule has 0 aliphatic rings.